The first kappa shape index (κ1) is 23.3. The van der Waals surface area contributed by atoms with Crippen LogP contribution >= 0.6 is 35.6 Å². The summed E-state index contributed by atoms with van der Waals surface area (Å²) in [6, 6.07) is 13.8. The molecule has 0 saturated heterocycles. The Morgan fingerprint density at radius 1 is 1.10 bits per heavy atom. The molecule has 2 heterocycles. The molecule has 2 aromatic carbocycles. The van der Waals surface area contributed by atoms with Gasteiger partial charge in [0.05, 0.1) is 6.61 Å². The van der Waals surface area contributed by atoms with Crippen molar-refractivity contribution >= 4 is 41.5 Å². The van der Waals surface area contributed by atoms with Crippen LogP contribution in [0.15, 0.2) is 52.0 Å². The lowest BCUT2D eigenvalue weighted by molar-refractivity contribution is 0.357. The first-order valence-corrected chi connectivity index (χ1v) is 10.4. The summed E-state index contributed by atoms with van der Waals surface area (Å²) in [5.74, 6) is 2.90. The highest BCUT2D eigenvalue weighted by Crippen LogP contribution is 2.25. The number of ether oxygens (including phenoxy) is 1. The lowest BCUT2D eigenvalue weighted by atomic mass is 10.1. The number of guanidine groups is 1. The minimum Gasteiger partial charge on any atom is -0.493 e. The second-order valence-electron chi connectivity index (χ2n) is 6.98. The zero-order chi connectivity index (χ0) is 20.8. The zero-order valence-electron chi connectivity index (χ0n) is 17.2. The standard InChI is InChI=1S/C22H24ClN5O2.HI/c1-24-22(25-11-8-15-2-7-19-17(14-15)10-13-29-19)26-12-9-20-27-21(28-30-20)16-3-5-18(23)6-4-16;/h2-7,14H,8-13H2,1H3,(H2,24,25,26);1H. The van der Waals surface area contributed by atoms with Crippen LogP contribution in [0.4, 0.5) is 0 Å². The van der Waals surface area contributed by atoms with Crippen molar-refractivity contribution in [3.05, 3.63) is 64.5 Å². The molecule has 0 fully saturated rings. The zero-order valence-corrected chi connectivity index (χ0v) is 20.3. The van der Waals surface area contributed by atoms with E-state index in [9.17, 15) is 0 Å². The molecular formula is C22H25ClIN5O2. The van der Waals surface area contributed by atoms with Gasteiger partial charge < -0.3 is 19.9 Å². The van der Waals surface area contributed by atoms with E-state index in [-0.39, 0.29) is 24.0 Å². The summed E-state index contributed by atoms with van der Waals surface area (Å²) < 4.78 is 10.9. The highest BCUT2D eigenvalue weighted by molar-refractivity contribution is 14.0. The number of aromatic nitrogens is 2. The number of aliphatic imine (C=N–C) groups is 1. The number of benzene rings is 2. The average Bonchev–Trinajstić information content (AvgIpc) is 3.42. The van der Waals surface area contributed by atoms with Crippen LogP contribution in [0.1, 0.15) is 17.0 Å². The topological polar surface area (TPSA) is 84.6 Å². The Balaban J connectivity index is 0.00000272. The molecule has 1 aliphatic rings. The van der Waals surface area contributed by atoms with Gasteiger partial charge in [0.1, 0.15) is 5.75 Å². The SMILES string of the molecule is CN=C(NCCc1ccc2c(c1)CCO2)NCCc1nc(-c2ccc(Cl)cc2)no1.I. The molecule has 1 aromatic heterocycles. The van der Waals surface area contributed by atoms with Gasteiger partial charge in [-0.1, -0.05) is 28.9 Å². The molecule has 3 aromatic rings. The number of fused-ring (bicyclic) bond motifs is 1. The predicted molar refractivity (Wildman–Crippen MR) is 133 cm³/mol. The fourth-order valence-corrected chi connectivity index (χ4v) is 3.43. The van der Waals surface area contributed by atoms with Gasteiger partial charge in [0, 0.05) is 43.6 Å². The largest absolute Gasteiger partial charge is 0.493 e. The molecule has 31 heavy (non-hydrogen) atoms. The maximum atomic E-state index is 5.91. The van der Waals surface area contributed by atoms with E-state index in [1.807, 2.05) is 12.1 Å². The van der Waals surface area contributed by atoms with Crippen LogP contribution < -0.4 is 15.4 Å². The van der Waals surface area contributed by atoms with E-state index in [0.717, 1.165) is 43.3 Å². The molecule has 0 amide bonds. The maximum absolute atomic E-state index is 5.91. The molecule has 4 rings (SSSR count). The van der Waals surface area contributed by atoms with Crippen molar-refractivity contribution in [2.45, 2.75) is 19.3 Å². The Kier molecular flexibility index (Phi) is 8.53. The number of halogens is 2. The summed E-state index contributed by atoms with van der Waals surface area (Å²) in [7, 11) is 1.76. The van der Waals surface area contributed by atoms with Gasteiger partial charge in [-0.3, -0.25) is 4.99 Å². The van der Waals surface area contributed by atoms with Gasteiger partial charge in [0.25, 0.3) is 0 Å². The van der Waals surface area contributed by atoms with Crippen molar-refractivity contribution in [1.29, 1.82) is 0 Å². The van der Waals surface area contributed by atoms with Crippen molar-refractivity contribution in [3.63, 3.8) is 0 Å². The van der Waals surface area contributed by atoms with E-state index >= 15 is 0 Å². The van der Waals surface area contributed by atoms with E-state index < -0.39 is 0 Å². The van der Waals surface area contributed by atoms with Gasteiger partial charge in [-0.05, 0) is 47.9 Å². The van der Waals surface area contributed by atoms with Crippen LogP contribution in [0.5, 0.6) is 5.75 Å². The second-order valence-corrected chi connectivity index (χ2v) is 7.42. The first-order valence-electron chi connectivity index (χ1n) is 9.99. The first-order chi connectivity index (χ1) is 14.7. The molecule has 0 bridgehead atoms. The van der Waals surface area contributed by atoms with Crippen molar-refractivity contribution in [2.24, 2.45) is 4.99 Å². The average molecular weight is 554 g/mol. The summed E-state index contributed by atoms with van der Waals surface area (Å²) in [6.45, 7) is 2.22. The third-order valence-corrected chi connectivity index (χ3v) is 5.14. The number of rotatable bonds is 7. The molecule has 0 unspecified atom stereocenters. The van der Waals surface area contributed by atoms with Gasteiger partial charge in [0.2, 0.25) is 11.7 Å². The third-order valence-electron chi connectivity index (χ3n) is 4.89. The molecule has 0 atom stereocenters. The maximum Gasteiger partial charge on any atom is 0.228 e. The van der Waals surface area contributed by atoms with Crippen LogP contribution in [0, 0.1) is 0 Å². The summed E-state index contributed by atoms with van der Waals surface area (Å²) in [4.78, 5) is 8.70. The Labute approximate surface area is 203 Å². The van der Waals surface area contributed by atoms with Crippen LogP contribution in [-0.2, 0) is 19.3 Å². The van der Waals surface area contributed by atoms with Gasteiger partial charge in [-0.25, -0.2) is 0 Å². The smallest absolute Gasteiger partial charge is 0.228 e. The molecule has 0 radical (unpaired) electrons. The normalized spacial score (nSPS) is 12.6. The quantitative estimate of drug-likeness (QED) is 0.262. The highest BCUT2D eigenvalue weighted by Gasteiger charge is 2.12. The fourth-order valence-electron chi connectivity index (χ4n) is 3.30. The van der Waals surface area contributed by atoms with E-state index in [0.29, 0.717) is 29.7 Å². The number of hydrogen-bond donors (Lipinski definition) is 2. The summed E-state index contributed by atoms with van der Waals surface area (Å²) >= 11 is 5.91. The minimum absolute atomic E-state index is 0. The Morgan fingerprint density at radius 2 is 1.87 bits per heavy atom. The van der Waals surface area contributed by atoms with Gasteiger partial charge in [-0.2, -0.15) is 4.98 Å². The van der Waals surface area contributed by atoms with E-state index in [2.05, 4.69) is 44.0 Å². The van der Waals surface area contributed by atoms with E-state index in [1.54, 1.807) is 19.2 Å². The van der Waals surface area contributed by atoms with Gasteiger partial charge in [-0.15, -0.1) is 24.0 Å². The Morgan fingerprint density at radius 3 is 2.65 bits per heavy atom. The molecule has 164 valence electrons. The summed E-state index contributed by atoms with van der Waals surface area (Å²) in [6.07, 6.45) is 2.52. The van der Waals surface area contributed by atoms with Crippen molar-refractivity contribution in [2.75, 3.05) is 26.7 Å². The van der Waals surface area contributed by atoms with E-state index in [4.69, 9.17) is 20.9 Å². The van der Waals surface area contributed by atoms with Crippen LogP contribution in [0.25, 0.3) is 11.4 Å². The molecule has 2 N–H and O–H groups in total. The highest BCUT2D eigenvalue weighted by atomic mass is 127. The second kappa shape index (κ2) is 11.3. The molecule has 1 aliphatic heterocycles. The third kappa shape index (κ3) is 6.33. The fraction of sp³-hybridized carbons (Fsp3) is 0.318. The molecule has 0 aliphatic carbocycles. The van der Waals surface area contributed by atoms with E-state index in [1.165, 1.54) is 11.1 Å². The number of nitrogens with zero attached hydrogens (tertiary/aromatic N) is 3. The molecule has 0 saturated carbocycles. The number of hydrogen-bond acceptors (Lipinski definition) is 5. The van der Waals surface area contributed by atoms with Crippen molar-refractivity contribution in [3.8, 4) is 17.1 Å². The minimum atomic E-state index is 0. The van der Waals surface area contributed by atoms with Gasteiger partial charge in [0.15, 0.2) is 5.96 Å². The Hall–Kier alpha value is -2.33. The summed E-state index contributed by atoms with van der Waals surface area (Å²) in [5.41, 5.74) is 3.47. The van der Waals surface area contributed by atoms with Crippen LogP contribution in [0.2, 0.25) is 5.02 Å². The van der Waals surface area contributed by atoms with Crippen molar-refractivity contribution < 1.29 is 9.26 Å². The summed E-state index contributed by atoms with van der Waals surface area (Å²) in [5, 5.41) is 11.3. The predicted octanol–water partition coefficient (Wildman–Crippen LogP) is 3.89. The lowest BCUT2D eigenvalue weighted by Gasteiger charge is -2.11. The van der Waals surface area contributed by atoms with Gasteiger partial charge >= 0.3 is 0 Å². The number of nitrogens with one attached hydrogen (secondary N) is 2. The monoisotopic (exact) mass is 553 g/mol. The lowest BCUT2D eigenvalue weighted by Crippen LogP contribution is -2.39. The van der Waals surface area contributed by atoms with Crippen LogP contribution in [-0.4, -0.2) is 42.8 Å². The molecular weight excluding hydrogens is 529 g/mol. The molecule has 9 heteroatoms. The Bertz CT molecular complexity index is 1020. The molecule has 0 spiro atoms. The molecule has 7 nitrogen and oxygen atoms in total. The van der Waals surface area contributed by atoms with Crippen molar-refractivity contribution in [1.82, 2.24) is 20.8 Å². The van der Waals surface area contributed by atoms with Crippen LogP contribution in [0.3, 0.4) is 0 Å².